The molecule has 3 amide bonds. The first kappa shape index (κ1) is 19.9. The first-order valence-electron chi connectivity index (χ1n) is 7.74. The van der Waals surface area contributed by atoms with Crippen LogP contribution in [0.25, 0.3) is 0 Å². The maximum absolute atomic E-state index is 11.9. The summed E-state index contributed by atoms with van der Waals surface area (Å²) in [6.45, 7) is 0.791. The molecule has 0 saturated carbocycles. The monoisotopic (exact) mass is 389 g/mol. The molecule has 0 aromatic heterocycles. The molecule has 0 saturated heterocycles. The molecule has 0 spiro atoms. The highest BCUT2D eigenvalue weighted by Crippen LogP contribution is 2.11. The van der Waals surface area contributed by atoms with Crippen molar-refractivity contribution in [1.82, 2.24) is 10.9 Å². The van der Waals surface area contributed by atoms with Gasteiger partial charge in [-0.05, 0) is 48.5 Å². The van der Waals surface area contributed by atoms with E-state index in [1.807, 2.05) is 0 Å². The Morgan fingerprint density at radius 3 is 2.07 bits per heavy atom. The number of anilines is 1. The molecule has 9 heteroatoms. The molecule has 2 aromatic carbocycles. The molecule has 2 rings (SSSR count). The maximum atomic E-state index is 11.9. The van der Waals surface area contributed by atoms with Crippen LogP contribution in [0.1, 0.15) is 27.6 Å². The van der Waals surface area contributed by atoms with Gasteiger partial charge in [-0.15, -0.1) is 0 Å². The molecule has 140 valence electrons. The van der Waals surface area contributed by atoms with E-state index in [-0.39, 0.29) is 11.5 Å². The molecule has 0 radical (unpaired) electrons. The lowest BCUT2D eigenvalue weighted by molar-refractivity contribution is -0.125. The highest BCUT2D eigenvalue weighted by Gasteiger charge is 2.12. The molecular weight excluding hydrogens is 374 g/mol. The summed E-state index contributed by atoms with van der Waals surface area (Å²) in [4.78, 5) is 46.3. The van der Waals surface area contributed by atoms with Crippen LogP contribution in [0.5, 0.6) is 0 Å². The van der Waals surface area contributed by atoms with Gasteiger partial charge in [-0.3, -0.25) is 25.2 Å². The summed E-state index contributed by atoms with van der Waals surface area (Å²) in [7, 11) is 0. The van der Waals surface area contributed by atoms with Gasteiger partial charge in [0.25, 0.3) is 11.8 Å². The first-order chi connectivity index (χ1) is 12.8. The lowest BCUT2D eigenvalue weighted by Crippen LogP contribution is -2.43. The maximum Gasteiger partial charge on any atom is 0.338 e. The molecule has 0 aliphatic heterocycles. The van der Waals surface area contributed by atoms with Crippen LogP contribution in [0.4, 0.5) is 5.69 Å². The van der Waals surface area contributed by atoms with Gasteiger partial charge in [-0.1, -0.05) is 11.6 Å². The zero-order valence-electron chi connectivity index (χ0n) is 14.2. The third-order valence-corrected chi connectivity index (χ3v) is 3.45. The molecule has 2 aromatic rings. The van der Waals surface area contributed by atoms with Gasteiger partial charge in [-0.2, -0.15) is 0 Å². The standard InChI is InChI=1S/C18H16ClN3O5/c1-11(23)20-15-8-4-13(5-9-15)18(26)27-10-16(24)21-22-17(25)12-2-6-14(19)7-3-12/h2-9H,10H2,1H3,(H,20,23)(H,21,24)(H,22,25). The van der Waals surface area contributed by atoms with Crippen molar-refractivity contribution in [2.75, 3.05) is 11.9 Å². The fraction of sp³-hybridized carbons (Fsp3) is 0.111. The summed E-state index contributed by atoms with van der Waals surface area (Å²) in [5.41, 5.74) is 5.37. The fourth-order valence-corrected chi connectivity index (χ4v) is 2.07. The number of carbonyl (C=O) groups excluding carboxylic acids is 4. The Balaban J connectivity index is 1.77. The Labute approximate surface area is 159 Å². The predicted octanol–water partition coefficient (Wildman–Crippen LogP) is 1.92. The first-order valence-corrected chi connectivity index (χ1v) is 8.12. The Morgan fingerprint density at radius 1 is 0.889 bits per heavy atom. The Morgan fingerprint density at radius 2 is 1.48 bits per heavy atom. The minimum absolute atomic E-state index is 0.210. The second-order valence-corrected chi connectivity index (χ2v) is 5.78. The van der Waals surface area contributed by atoms with Gasteiger partial charge in [0.15, 0.2) is 6.61 Å². The van der Waals surface area contributed by atoms with Crippen LogP contribution in [0.3, 0.4) is 0 Å². The smallest absolute Gasteiger partial charge is 0.338 e. The Bertz CT molecular complexity index is 850. The number of carbonyl (C=O) groups is 4. The van der Waals surface area contributed by atoms with E-state index < -0.39 is 24.4 Å². The highest BCUT2D eigenvalue weighted by atomic mass is 35.5. The van der Waals surface area contributed by atoms with E-state index in [4.69, 9.17) is 16.3 Å². The minimum Gasteiger partial charge on any atom is -0.452 e. The van der Waals surface area contributed by atoms with Crippen molar-refractivity contribution in [3.63, 3.8) is 0 Å². The van der Waals surface area contributed by atoms with Gasteiger partial charge in [0, 0.05) is 23.2 Å². The Hall–Kier alpha value is -3.39. The summed E-state index contributed by atoms with van der Waals surface area (Å²) in [6, 6.07) is 12.0. The average molecular weight is 390 g/mol. The van der Waals surface area contributed by atoms with Gasteiger partial charge in [-0.25, -0.2) is 4.79 Å². The molecule has 0 unspecified atom stereocenters. The van der Waals surface area contributed by atoms with Crippen molar-refractivity contribution >= 4 is 41.0 Å². The van der Waals surface area contributed by atoms with E-state index in [2.05, 4.69) is 16.2 Å². The van der Waals surface area contributed by atoms with Crippen LogP contribution >= 0.6 is 11.6 Å². The van der Waals surface area contributed by atoms with E-state index in [1.54, 1.807) is 0 Å². The number of amides is 3. The van der Waals surface area contributed by atoms with Crippen molar-refractivity contribution < 1.29 is 23.9 Å². The summed E-state index contributed by atoms with van der Waals surface area (Å²) in [6.07, 6.45) is 0. The largest absolute Gasteiger partial charge is 0.452 e. The summed E-state index contributed by atoms with van der Waals surface area (Å²) in [5, 5.41) is 3.04. The number of nitrogens with one attached hydrogen (secondary N) is 3. The number of benzene rings is 2. The minimum atomic E-state index is -0.719. The number of halogens is 1. The van der Waals surface area contributed by atoms with Crippen molar-refractivity contribution in [1.29, 1.82) is 0 Å². The molecule has 0 aliphatic carbocycles. The van der Waals surface area contributed by atoms with Crippen molar-refractivity contribution in [3.8, 4) is 0 Å². The van der Waals surface area contributed by atoms with Gasteiger partial charge < -0.3 is 10.1 Å². The van der Waals surface area contributed by atoms with Crippen molar-refractivity contribution in [3.05, 3.63) is 64.7 Å². The van der Waals surface area contributed by atoms with Gasteiger partial charge in [0.05, 0.1) is 5.56 Å². The lowest BCUT2D eigenvalue weighted by Gasteiger charge is -2.08. The van der Waals surface area contributed by atoms with E-state index in [0.29, 0.717) is 16.3 Å². The SMILES string of the molecule is CC(=O)Nc1ccc(C(=O)OCC(=O)NNC(=O)c2ccc(Cl)cc2)cc1. The van der Waals surface area contributed by atoms with E-state index in [0.717, 1.165) is 0 Å². The van der Waals surface area contributed by atoms with Crippen molar-refractivity contribution in [2.45, 2.75) is 6.92 Å². The number of hydrogen-bond donors (Lipinski definition) is 3. The van der Waals surface area contributed by atoms with E-state index >= 15 is 0 Å². The molecular formula is C18H16ClN3O5. The molecule has 0 aliphatic rings. The third kappa shape index (κ3) is 6.44. The van der Waals surface area contributed by atoms with Crippen LogP contribution in [-0.4, -0.2) is 30.3 Å². The number of hydrazine groups is 1. The van der Waals surface area contributed by atoms with Gasteiger partial charge in [0.2, 0.25) is 5.91 Å². The normalized spacial score (nSPS) is 9.85. The molecule has 0 atom stereocenters. The summed E-state index contributed by atoms with van der Waals surface area (Å²) < 4.78 is 4.86. The average Bonchev–Trinajstić information content (AvgIpc) is 2.65. The van der Waals surface area contributed by atoms with Gasteiger partial charge >= 0.3 is 5.97 Å². The molecule has 3 N–H and O–H groups in total. The highest BCUT2D eigenvalue weighted by molar-refractivity contribution is 6.30. The van der Waals surface area contributed by atoms with Crippen LogP contribution in [-0.2, 0) is 14.3 Å². The van der Waals surface area contributed by atoms with Gasteiger partial charge in [0.1, 0.15) is 0 Å². The summed E-state index contributed by atoms with van der Waals surface area (Å²) >= 11 is 5.73. The number of hydrogen-bond acceptors (Lipinski definition) is 5. The summed E-state index contributed by atoms with van der Waals surface area (Å²) in [5.74, 6) is -2.20. The number of ether oxygens (including phenoxy) is 1. The Kier molecular flexibility index (Phi) is 6.90. The molecule has 0 heterocycles. The second kappa shape index (κ2) is 9.35. The zero-order valence-corrected chi connectivity index (χ0v) is 15.0. The fourth-order valence-electron chi connectivity index (χ4n) is 1.94. The molecule has 0 bridgehead atoms. The lowest BCUT2D eigenvalue weighted by atomic mass is 10.2. The van der Waals surface area contributed by atoms with Crippen LogP contribution in [0.2, 0.25) is 5.02 Å². The third-order valence-electron chi connectivity index (χ3n) is 3.20. The zero-order chi connectivity index (χ0) is 19.8. The number of esters is 1. The predicted molar refractivity (Wildman–Crippen MR) is 98.1 cm³/mol. The van der Waals surface area contributed by atoms with Crippen LogP contribution in [0.15, 0.2) is 48.5 Å². The molecule has 8 nitrogen and oxygen atoms in total. The molecule has 0 fully saturated rings. The second-order valence-electron chi connectivity index (χ2n) is 5.34. The quantitative estimate of drug-likeness (QED) is 0.534. The van der Waals surface area contributed by atoms with E-state index in [9.17, 15) is 19.2 Å². The molecule has 27 heavy (non-hydrogen) atoms. The van der Waals surface area contributed by atoms with Crippen LogP contribution in [0, 0.1) is 0 Å². The van der Waals surface area contributed by atoms with Crippen molar-refractivity contribution in [2.24, 2.45) is 0 Å². The number of rotatable bonds is 5. The topological polar surface area (TPSA) is 114 Å². The van der Waals surface area contributed by atoms with E-state index in [1.165, 1.54) is 55.5 Å². The van der Waals surface area contributed by atoms with Crippen LogP contribution < -0.4 is 16.2 Å².